The molecule has 0 aliphatic rings. The zero-order valence-corrected chi connectivity index (χ0v) is 16.9. The Morgan fingerprint density at radius 2 is 1.04 bits per heavy atom. The summed E-state index contributed by atoms with van der Waals surface area (Å²) in [5, 5.41) is 0. The standard InChI is InChI=1S/C22H42O3/c1-3-4-5-6-7-8-9-10-11-12-13-14-15-16-17-18-19-24-20-21-25-22(2)23/h20-21H,3-19H2,1-2H3. The van der Waals surface area contributed by atoms with Crippen molar-refractivity contribution in [1.82, 2.24) is 0 Å². The van der Waals surface area contributed by atoms with E-state index in [-0.39, 0.29) is 5.97 Å². The van der Waals surface area contributed by atoms with Crippen LogP contribution < -0.4 is 0 Å². The normalized spacial score (nSPS) is 11.1. The predicted molar refractivity (Wildman–Crippen MR) is 106 cm³/mol. The number of ether oxygens (including phenoxy) is 2. The third kappa shape index (κ3) is 23.0. The van der Waals surface area contributed by atoms with E-state index < -0.39 is 0 Å². The van der Waals surface area contributed by atoms with Gasteiger partial charge >= 0.3 is 5.97 Å². The maximum Gasteiger partial charge on any atom is 0.307 e. The van der Waals surface area contributed by atoms with Crippen LogP contribution in [0.1, 0.15) is 117 Å². The molecule has 0 spiro atoms. The molecule has 0 aromatic carbocycles. The summed E-state index contributed by atoms with van der Waals surface area (Å²) in [6, 6.07) is 0. The number of esters is 1. The highest BCUT2D eigenvalue weighted by atomic mass is 16.5. The predicted octanol–water partition coefficient (Wildman–Crippen LogP) is 7.30. The average molecular weight is 355 g/mol. The summed E-state index contributed by atoms with van der Waals surface area (Å²) in [6.45, 7) is 4.36. The van der Waals surface area contributed by atoms with E-state index in [1.807, 2.05) is 0 Å². The molecule has 148 valence electrons. The summed E-state index contributed by atoms with van der Waals surface area (Å²) in [4.78, 5) is 10.5. The fraction of sp³-hybridized carbons (Fsp3) is 0.864. The minimum atomic E-state index is -0.317. The second-order valence-electron chi connectivity index (χ2n) is 7.06. The smallest absolute Gasteiger partial charge is 0.307 e. The molecule has 0 heterocycles. The van der Waals surface area contributed by atoms with Gasteiger partial charge < -0.3 is 9.47 Å². The molecule has 0 fully saturated rings. The van der Waals surface area contributed by atoms with Gasteiger partial charge in [-0.25, -0.2) is 0 Å². The van der Waals surface area contributed by atoms with Crippen LogP contribution in [0, 0.1) is 0 Å². The molecule has 3 heteroatoms. The maximum absolute atomic E-state index is 10.5. The van der Waals surface area contributed by atoms with Gasteiger partial charge in [0.2, 0.25) is 0 Å². The molecule has 25 heavy (non-hydrogen) atoms. The van der Waals surface area contributed by atoms with E-state index in [4.69, 9.17) is 4.74 Å². The van der Waals surface area contributed by atoms with E-state index in [0.29, 0.717) is 6.61 Å². The molecule has 0 saturated carbocycles. The minimum absolute atomic E-state index is 0.317. The molecule has 0 rings (SSSR count). The highest BCUT2D eigenvalue weighted by Gasteiger charge is 1.94. The molecule has 0 bridgehead atoms. The first-order valence-corrected chi connectivity index (χ1v) is 10.7. The molecule has 0 aliphatic carbocycles. The van der Waals surface area contributed by atoms with E-state index in [2.05, 4.69) is 11.7 Å². The Morgan fingerprint density at radius 3 is 1.44 bits per heavy atom. The van der Waals surface area contributed by atoms with Crippen LogP contribution in [-0.4, -0.2) is 12.6 Å². The zero-order chi connectivity index (χ0) is 18.4. The van der Waals surface area contributed by atoms with Gasteiger partial charge in [-0.2, -0.15) is 0 Å². The molecule has 0 amide bonds. The Hall–Kier alpha value is -0.990. The van der Waals surface area contributed by atoms with Gasteiger partial charge in [0.25, 0.3) is 0 Å². The van der Waals surface area contributed by atoms with Crippen LogP contribution in [0.5, 0.6) is 0 Å². The lowest BCUT2D eigenvalue weighted by molar-refractivity contribution is -0.135. The SMILES string of the molecule is CCCCCCCCCCCCCCCCCCOC=COC(C)=O. The van der Waals surface area contributed by atoms with Crippen LogP contribution in [-0.2, 0) is 14.3 Å². The fourth-order valence-corrected chi connectivity index (χ4v) is 2.96. The van der Waals surface area contributed by atoms with Crippen LogP contribution in [0.4, 0.5) is 0 Å². The average Bonchev–Trinajstić information content (AvgIpc) is 2.60. The minimum Gasteiger partial charge on any atom is -0.498 e. The van der Waals surface area contributed by atoms with Crippen molar-refractivity contribution in [1.29, 1.82) is 0 Å². The van der Waals surface area contributed by atoms with E-state index >= 15 is 0 Å². The number of carbonyl (C=O) groups excluding carboxylic acids is 1. The monoisotopic (exact) mass is 354 g/mol. The number of rotatable bonds is 19. The lowest BCUT2D eigenvalue weighted by Gasteiger charge is -2.04. The van der Waals surface area contributed by atoms with Gasteiger partial charge in [0, 0.05) is 6.92 Å². The highest BCUT2D eigenvalue weighted by Crippen LogP contribution is 2.13. The number of carbonyl (C=O) groups is 1. The quantitative estimate of drug-likeness (QED) is 0.139. The first-order chi connectivity index (χ1) is 12.3. The molecular formula is C22H42O3. The van der Waals surface area contributed by atoms with E-state index in [0.717, 1.165) is 6.42 Å². The van der Waals surface area contributed by atoms with Crippen LogP contribution in [0.2, 0.25) is 0 Å². The largest absolute Gasteiger partial charge is 0.498 e. The summed E-state index contributed by atoms with van der Waals surface area (Å²) in [6.07, 6.45) is 24.7. The molecular weight excluding hydrogens is 312 g/mol. The first-order valence-electron chi connectivity index (χ1n) is 10.7. The molecule has 3 nitrogen and oxygen atoms in total. The number of unbranched alkanes of at least 4 members (excludes halogenated alkanes) is 15. The summed E-state index contributed by atoms with van der Waals surface area (Å²) >= 11 is 0. The highest BCUT2D eigenvalue weighted by molar-refractivity contribution is 5.66. The maximum atomic E-state index is 10.5. The molecule has 0 aromatic rings. The van der Waals surface area contributed by atoms with Crippen molar-refractivity contribution in [2.24, 2.45) is 0 Å². The van der Waals surface area contributed by atoms with Crippen molar-refractivity contribution in [3.63, 3.8) is 0 Å². The Balaban J connectivity index is 3.03. The van der Waals surface area contributed by atoms with Crippen LogP contribution in [0.3, 0.4) is 0 Å². The van der Waals surface area contributed by atoms with E-state index in [1.165, 1.54) is 116 Å². The van der Waals surface area contributed by atoms with Gasteiger partial charge in [0.1, 0.15) is 12.5 Å². The Bertz CT molecular complexity index is 300. The van der Waals surface area contributed by atoms with Crippen molar-refractivity contribution >= 4 is 5.97 Å². The van der Waals surface area contributed by atoms with Crippen molar-refractivity contribution in [3.8, 4) is 0 Å². The number of hydrogen-bond donors (Lipinski definition) is 0. The van der Waals surface area contributed by atoms with Crippen LogP contribution >= 0.6 is 0 Å². The molecule has 0 aromatic heterocycles. The lowest BCUT2D eigenvalue weighted by Crippen LogP contribution is -1.92. The van der Waals surface area contributed by atoms with Gasteiger partial charge in [0.05, 0.1) is 6.61 Å². The molecule has 0 aliphatic heterocycles. The van der Waals surface area contributed by atoms with Gasteiger partial charge in [-0.05, 0) is 6.42 Å². The second kappa shape index (κ2) is 21.1. The Labute approximate surface area is 156 Å². The summed E-state index contributed by atoms with van der Waals surface area (Å²) in [7, 11) is 0. The zero-order valence-electron chi connectivity index (χ0n) is 16.9. The topological polar surface area (TPSA) is 35.5 Å². The number of hydrogen-bond acceptors (Lipinski definition) is 3. The van der Waals surface area contributed by atoms with Crippen LogP contribution in [0.15, 0.2) is 12.5 Å². The third-order valence-electron chi connectivity index (χ3n) is 4.50. The first kappa shape index (κ1) is 24.0. The Kier molecular flexibility index (Phi) is 20.2. The van der Waals surface area contributed by atoms with Gasteiger partial charge in [-0.3, -0.25) is 4.79 Å². The van der Waals surface area contributed by atoms with E-state index in [1.54, 1.807) is 0 Å². The molecule has 0 N–H and O–H groups in total. The molecule has 0 saturated heterocycles. The summed E-state index contributed by atoms with van der Waals surface area (Å²) in [5.74, 6) is -0.317. The fourth-order valence-electron chi connectivity index (χ4n) is 2.96. The summed E-state index contributed by atoms with van der Waals surface area (Å²) in [5.41, 5.74) is 0. The second-order valence-corrected chi connectivity index (χ2v) is 7.06. The molecule has 0 unspecified atom stereocenters. The van der Waals surface area contributed by atoms with Gasteiger partial charge in [-0.15, -0.1) is 0 Å². The molecule has 0 atom stereocenters. The van der Waals surface area contributed by atoms with Crippen molar-refractivity contribution < 1.29 is 14.3 Å². The lowest BCUT2D eigenvalue weighted by atomic mass is 10.0. The third-order valence-corrected chi connectivity index (χ3v) is 4.50. The molecule has 0 radical (unpaired) electrons. The van der Waals surface area contributed by atoms with Crippen molar-refractivity contribution in [3.05, 3.63) is 12.5 Å². The van der Waals surface area contributed by atoms with Gasteiger partial charge in [-0.1, -0.05) is 103 Å². The van der Waals surface area contributed by atoms with Crippen LogP contribution in [0.25, 0.3) is 0 Å². The van der Waals surface area contributed by atoms with Gasteiger partial charge in [0.15, 0.2) is 0 Å². The summed E-state index contributed by atoms with van der Waals surface area (Å²) < 4.78 is 9.88. The van der Waals surface area contributed by atoms with E-state index in [9.17, 15) is 4.79 Å². The van der Waals surface area contributed by atoms with Crippen molar-refractivity contribution in [2.75, 3.05) is 6.61 Å². The Morgan fingerprint density at radius 1 is 0.640 bits per heavy atom. The van der Waals surface area contributed by atoms with Crippen molar-refractivity contribution in [2.45, 2.75) is 117 Å².